The van der Waals surface area contributed by atoms with Crippen LogP contribution in [0.15, 0.2) is 36.5 Å². The number of fused-ring (bicyclic) bond motifs is 3. The van der Waals surface area contributed by atoms with Crippen molar-refractivity contribution in [3.63, 3.8) is 0 Å². The molecule has 0 aliphatic carbocycles. The molecule has 0 unspecified atom stereocenters. The number of ether oxygens (including phenoxy) is 1. The van der Waals surface area contributed by atoms with Crippen molar-refractivity contribution in [1.82, 2.24) is 30.3 Å². The summed E-state index contributed by atoms with van der Waals surface area (Å²) in [6.45, 7) is 3.62. The number of piperidine rings is 1. The number of carbonyl (C=O) groups excluding carboxylic acids is 1. The highest BCUT2D eigenvalue weighted by molar-refractivity contribution is 5.76. The first-order valence-electron chi connectivity index (χ1n) is 13.1. The van der Waals surface area contributed by atoms with E-state index >= 15 is 0 Å². The third-order valence-electron chi connectivity index (χ3n) is 8.30. The first-order chi connectivity index (χ1) is 18.0. The number of carbonyl (C=O) groups is 1. The number of aromatic nitrogens is 3. The van der Waals surface area contributed by atoms with Gasteiger partial charge in [0.1, 0.15) is 11.6 Å². The Morgan fingerprint density at radius 1 is 1.24 bits per heavy atom. The van der Waals surface area contributed by atoms with Gasteiger partial charge < -0.3 is 15.0 Å². The van der Waals surface area contributed by atoms with Crippen LogP contribution in [0.3, 0.4) is 0 Å². The number of nitrogens with one attached hydrogen (secondary N) is 2. The summed E-state index contributed by atoms with van der Waals surface area (Å²) in [4.78, 5) is 22.0. The van der Waals surface area contributed by atoms with Crippen LogP contribution in [-0.4, -0.2) is 62.8 Å². The Hall–Kier alpha value is -3.46. The summed E-state index contributed by atoms with van der Waals surface area (Å²) in [7, 11) is 1.58. The highest BCUT2D eigenvalue weighted by atomic mass is 19.1. The maximum atomic E-state index is 14.7. The standard InChI is InChI=1S/C28H33FN6O2/c1-17-14-18(10-12-30-17)27-21-15-34(13-11-23(21)32-33-27)28(36)31-24-8-6-19-7-9-25(24)35(19)16-20-22(29)4-3-5-26(20)37-2/h3-5,10,12,14,19,24-25H,6-9,11,13,15-16H2,1-2H3,(H,31,36)(H,32,33)/t19-,24-,25-/m1/s1. The number of amides is 2. The summed E-state index contributed by atoms with van der Waals surface area (Å²) >= 11 is 0. The Labute approximate surface area is 216 Å². The topological polar surface area (TPSA) is 86.4 Å². The number of hydrogen-bond donors (Lipinski definition) is 2. The third kappa shape index (κ3) is 4.45. The number of halogens is 1. The summed E-state index contributed by atoms with van der Waals surface area (Å²) in [6, 6.07) is 9.56. The van der Waals surface area contributed by atoms with Crippen LogP contribution >= 0.6 is 0 Å². The average molecular weight is 505 g/mol. The van der Waals surface area contributed by atoms with E-state index in [-0.39, 0.29) is 23.9 Å². The Balaban J connectivity index is 1.16. The number of benzene rings is 1. The molecular formula is C28H33FN6O2. The summed E-state index contributed by atoms with van der Waals surface area (Å²) < 4.78 is 20.1. The van der Waals surface area contributed by atoms with Gasteiger partial charge in [0, 0.05) is 71.9 Å². The smallest absolute Gasteiger partial charge is 0.317 e. The first-order valence-corrected chi connectivity index (χ1v) is 13.1. The zero-order chi connectivity index (χ0) is 25.5. The van der Waals surface area contributed by atoms with Crippen molar-refractivity contribution in [2.24, 2.45) is 0 Å². The molecule has 3 aliphatic rings. The van der Waals surface area contributed by atoms with E-state index in [0.717, 1.165) is 60.3 Å². The lowest BCUT2D eigenvalue weighted by atomic mass is 9.96. The number of urea groups is 1. The van der Waals surface area contributed by atoms with Crippen molar-refractivity contribution in [3.8, 4) is 17.0 Å². The van der Waals surface area contributed by atoms with Crippen molar-refractivity contribution in [2.75, 3.05) is 13.7 Å². The number of aromatic amines is 1. The van der Waals surface area contributed by atoms with Crippen LogP contribution < -0.4 is 10.1 Å². The van der Waals surface area contributed by atoms with E-state index in [9.17, 15) is 9.18 Å². The molecular weight excluding hydrogens is 471 g/mol. The van der Waals surface area contributed by atoms with Gasteiger partial charge in [-0.15, -0.1) is 0 Å². The molecule has 3 atom stereocenters. The van der Waals surface area contributed by atoms with Gasteiger partial charge in [-0.3, -0.25) is 15.0 Å². The van der Waals surface area contributed by atoms with Gasteiger partial charge in [0.15, 0.2) is 0 Å². The van der Waals surface area contributed by atoms with E-state index in [1.807, 2.05) is 30.0 Å². The normalized spacial score (nSPS) is 23.1. The van der Waals surface area contributed by atoms with Gasteiger partial charge in [-0.2, -0.15) is 5.10 Å². The second-order valence-electron chi connectivity index (χ2n) is 10.4. The molecule has 3 aliphatic heterocycles. The SMILES string of the molecule is COc1cccc(F)c1CN1[C@H]2CC[C@@H]1[C@H](NC(=O)N1CCc3[nH]nc(-c4ccnc(C)c4)c3C1)CC2. The molecule has 1 aromatic carbocycles. The van der Waals surface area contributed by atoms with Gasteiger partial charge in [0.05, 0.1) is 19.3 Å². The van der Waals surface area contributed by atoms with Crippen LogP contribution in [0.2, 0.25) is 0 Å². The molecule has 9 heteroatoms. The monoisotopic (exact) mass is 504 g/mol. The van der Waals surface area contributed by atoms with Crippen molar-refractivity contribution in [1.29, 1.82) is 0 Å². The molecule has 0 spiro atoms. The molecule has 0 radical (unpaired) electrons. The molecule has 8 nitrogen and oxygen atoms in total. The molecule has 0 saturated carbocycles. The lowest BCUT2D eigenvalue weighted by molar-refractivity contribution is 0.0965. The van der Waals surface area contributed by atoms with Crippen LogP contribution in [0.4, 0.5) is 9.18 Å². The van der Waals surface area contributed by atoms with Gasteiger partial charge in [0.25, 0.3) is 0 Å². The van der Waals surface area contributed by atoms with E-state index in [4.69, 9.17) is 4.74 Å². The third-order valence-corrected chi connectivity index (χ3v) is 8.30. The van der Waals surface area contributed by atoms with E-state index < -0.39 is 0 Å². The predicted molar refractivity (Wildman–Crippen MR) is 138 cm³/mol. The van der Waals surface area contributed by atoms with Crippen molar-refractivity contribution >= 4 is 6.03 Å². The Kier molecular flexibility index (Phi) is 6.32. The number of aryl methyl sites for hydroxylation is 1. The fourth-order valence-electron chi connectivity index (χ4n) is 6.40. The quantitative estimate of drug-likeness (QED) is 0.544. The van der Waals surface area contributed by atoms with Gasteiger partial charge >= 0.3 is 6.03 Å². The number of nitrogens with zero attached hydrogens (tertiary/aromatic N) is 4. The van der Waals surface area contributed by atoms with Crippen molar-refractivity contribution in [3.05, 3.63) is 64.9 Å². The molecule has 2 bridgehead atoms. The second kappa shape index (κ2) is 9.78. The molecule has 37 heavy (non-hydrogen) atoms. The Morgan fingerprint density at radius 2 is 2.11 bits per heavy atom. The molecule has 2 fully saturated rings. The summed E-state index contributed by atoms with van der Waals surface area (Å²) in [5.74, 6) is 0.337. The maximum absolute atomic E-state index is 14.7. The van der Waals surface area contributed by atoms with Gasteiger partial charge in [0.2, 0.25) is 0 Å². The van der Waals surface area contributed by atoms with E-state index in [1.54, 1.807) is 19.4 Å². The van der Waals surface area contributed by atoms with Gasteiger partial charge in [-0.1, -0.05) is 6.07 Å². The zero-order valence-electron chi connectivity index (χ0n) is 21.3. The van der Waals surface area contributed by atoms with Crippen LogP contribution in [-0.2, 0) is 19.5 Å². The Morgan fingerprint density at radius 3 is 2.95 bits per heavy atom. The molecule has 2 N–H and O–H groups in total. The van der Waals surface area contributed by atoms with Crippen LogP contribution in [0, 0.1) is 12.7 Å². The van der Waals surface area contributed by atoms with Gasteiger partial charge in [-0.05, 0) is 56.9 Å². The largest absolute Gasteiger partial charge is 0.496 e. The van der Waals surface area contributed by atoms with Crippen molar-refractivity contribution in [2.45, 2.75) is 70.2 Å². The molecule has 2 saturated heterocycles. The summed E-state index contributed by atoms with van der Waals surface area (Å²) in [5.41, 5.74) is 5.59. The Bertz CT molecular complexity index is 1310. The highest BCUT2D eigenvalue weighted by Gasteiger charge is 2.43. The van der Waals surface area contributed by atoms with E-state index in [1.165, 1.54) is 6.07 Å². The predicted octanol–water partition coefficient (Wildman–Crippen LogP) is 4.19. The minimum Gasteiger partial charge on any atom is -0.496 e. The van der Waals surface area contributed by atoms with Crippen LogP contribution in [0.1, 0.15) is 48.2 Å². The van der Waals surface area contributed by atoms with Crippen molar-refractivity contribution < 1.29 is 13.9 Å². The van der Waals surface area contributed by atoms with Crippen LogP contribution in [0.5, 0.6) is 5.75 Å². The lowest BCUT2D eigenvalue weighted by Crippen LogP contribution is -2.56. The first kappa shape index (κ1) is 23.9. The number of H-pyrrole nitrogens is 1. The van der Waals surface area contributed by atoms with Gasteiger partial charge in [-0.25, -0.2) is 9.18 Å². The van der Waals surface area contributed by atoms with E-state index in [2.05, 4.69) is 25.4 Å². The molecule has 5 heterocycles. The minimum absolute atomic E-state index is 0.0390. The molecule has 2 aromatic heterocycles. The highest BCUT2D eigenvalue weighted by Crippen LogP contribution is 2.38. The van der Waals surface area contributed by atoms with E-state index in [0.29, 0.717) is 37.0 Å². The second-order valence-corrected chi connectivity index (χ2v) is 10.4. The molecule has 2 amide bonds. The molecule has 6 rings (SSSR count). The number of methoxy groups -OCH3 is 1. The maximum Gasteiger partial charge on any atom is 0.317 e. The minimum atomic E-state index is -0.241. The molecule has 3 aromatic rings. The van der Waals surface area contributed by atoms with Crippen LogP contribution in [0.25, 0.3) is 11.3 Å². The average Bonchev–Trinajstić information content (AvgIpc) is 3.45. The fraction of sp³-hybridized carbons (Fsp3) is 0.464. The number of rotatable bonds is 5. The molecule has 194 valence electrons. The summed E-state index contributed by atoms with van der Waals surface area (Å²) in [5, 5.41) is 11.1. The zero-order valence-corrected chi connectivity index (χ0v) is 21.3. The fourth-order valence-corrected chi connectivity index (χ4v) is 6.40. The number of pyridine rings is 1. The number of hydrogen-bond acceptors (Lipinski definition) is 5. The lowest BCUT2D eigenvalue weighted by Gasteiger charge is -2.41. The summed E-state index contributed by atoms with van der Waals surface area (Å²) in [6.07, 6.45) is 6.55.